The molecule has 0 saturated heterocycles. The number of rotatable bonds is 1. The van der Waals surface area contributed by atoms with E-state index in [4.69, 9.17) is 11.6 Å². The maximum Gasteiger partial charge on any atom is 0.209 e. The van der Waals surface area contributed by atoms with Crippen LogP contribution in [0.2, 0.25) is 0 Å². The molecule has 1 aliphatic rings. The van der Waals surface area contributed by atoms with Crippen LogP contribution in [0.1, 0.15) is 20.7 Å². The molecule has 0 fully saturated rings. The zero-order valence-electron chi connectivity index (χ0n) is 11.0. The summed E-state index contributed by atoms with van der Waals surface area (Å²) in [5, 5.41) is -1.28. The van der Waals surface area contributed by atoms with E-state index in [2.05, 4.69) is 4.99 Å². The van der Waals surface area contributed by atoms with Gasteiger partial charge in [-0.05, 0) is 12.1 Å². The summed E-state index contributed by atoms with van der Waals surface area (Å²) in [5.41, 5.74) is 0.0472. The van der Waals surface area contributed by atoms with Gasteiger partial charge in [0.05, 0.1) is 5.69 Å². The molecule has 1 aliphatic carbocycles. The lowest BCUT2D eigenvalue weighted by Crippen LogP contribution is -2.37. The standard InChI is InChI=1S/C16H8ClF2NO2/c17-13-14(20-10-6-8(18)5-9(19)7-10)16(22)12-4-2-1-3-11(12)15(13)21/h1-7,13H. The van der Waals surface area contributed by atoms with Crippen molar-refractivity contribution in [3.8, 4) is 0 Å². The van der Waals surface area contributed by atoms with Crippen LogP contribution < -0.4 is 0 Å². The quantitative estimate of drug-likeness (QED) is 0.752. The Balaban J connectivity index is 2.13. The molecule has 0 aromatic heterocycles. The van der Waals surface area contributed by atoms with Crippen LogP contribution in [0.15, 0.2) is 47.5 Å². The van der Waals surface area contributed by atoms with Gasteiger partial charge in [0, 0.05) is 17.2 Å². The van der Waals surface area contributed by atoms with E-state index in [1.807, 2.05) is 0 Å². The third-order valence-electron chi connectivity index (χ3n) is 3.24. The van der Waals surface area contributed by atoms with Crippen LogP contribution in [0, 0.1) is 11.6 Å². The van der Waals surface area contributed by atoms with Crippen LogP contribution in [-0.4, -0.2) is 22.7 Å². The molecule has 3 nitrogen and oxygen atoms in total. The fourth-order valence-electron chi connectivity index (χ4n) is 2.26. The minimum Gasteiger partial charge on any atom is -0.292 e. The summed E-state index contributed by atoms with van der Waals surface area (Å²) in [6, 6.07) is 8.82. The van der Waals surface area contributed by atoms with E-state index >= 15 is 0 Å². The zero-order chi connectivity index (χ0) is 15.9. The maximum absolute atomic E-state index is 13.2. The van der Waals surface area contributed by atoms with Gasteiger partial charge in [0.2, 0.25) is 5.78 Å². The highest BCUT2D eigenvalue weighted by atomic mass is 35.5. The van der Waals surface area contributed by atoms with Crippen molar-refractivity contribution in [1.29, 1.82) is 0 Å². The Hall–Kier alpha value is -2.40. The summed E-state index contributed by atoms with van der Waals surface area (Å²) in [6.07, 6.45) is 0. The zero-order valence-corrected chi connectivity index (χ0v) is 11.8. The topological polar surface area (TPSA) is 46.5 Å². The Morgan fingerprint density at radius 3 is 2.18 bits per heavy atom. The average molecular weight is 320 g/mol. The Morgan fingerprint density at radius 2 is 1.55 bits per heavy atom. The number of alkyl halides is 1. The van der Waals surface area contributed by atoms with Crippen molar-refractivity contribution >= 4 is 34.6 Å². The summed E-state index contributed by atoms with van der Waals surface area (Å²) in [7, 11) is 0. The van der Waals surface area contributed by atoms with Gasteiger partial charge in [0.25, 0.3) is 0 Å². The number of carbonyl (C=O) groups excluding carboxylic acids is 2. The third kappa shape index (κ3) is 2.44. The highest BCUT2D eigenvalue weighted by molar-refractivity contribution is 6.65. The van der Waals surface area contributed by atoms with Crippen molar-refractivity contribution in [3.05, 3.63) is 65.2 Å². The number of hydrogen-bond acceptors (Lipinski definition) is 3. The van der Waals surface area contributed by atoms with Crippen molar-refractivity contribution in [2.45, 2.75) is 5.38 Å². The summed E-state index contributed by atoms with van der Waals surface area (Å²) in [4.78, 5) is 28.5. The van der Waals surface area contributed by atoms with Gasteiger partial charge in [0.1, 0.15) is 22.7 Å². The second-order valence-electron chi connectivity index (χ2n) is 4.73. The second kappa shape index (κ2) is 5.42. The first-order valence-corrected chi connectivity index (χ1v) is 6.77. The normalized spacial score (nSPS) is 19.4. The van der Waals surface area contributed by atoms with Gasteiger partial charge in [0.15, 0.2) is 5.78 Å². The van der Waals surface area contributed by atoms with E-state index < -0.39 is 28.6 Å². The molecular formula is C16H8ClF2NO2. The summed E-state index contributed by atoms with van der Waals surface area (Å²) < 4.78 is 26.4. The van der Waals surface area contributed by atoms with Gasteiger partial charge >= 0.3 is 0 Å². The SMILES string of the molecule is O=C1C(=Nc2cc(F)cc(F)c2)C(Cl)C(=O)c2ccccc21. The van der Waals surface area contributed by atoms with Crippen LogP contribution >= 0.6 is 11.6 Å². The van der Waals surface area contributed by atoms with Crippen molar-refractivity contribution in [1.82, 2.24) is 0 Å². The lowest BCUT2D eigenvalue weighted by atomic mass is 9.88. The van der Waals surface area contributed by atoms with Crippen molar-refractivity contribution in [3.63, 3.8) is 0 Å². The largest absolute Gasteiger partial charge is 0.292 e. The first kappa shape index (κ1) is 14.5. The molecule has 0 saturated carbocycles. The fourth-order valence-corrected chi connectivity index (χ4v) is 2.53. The Kier molecular flexibility index (Phi) is 3.58. The minimum atomic E-state index is -1.28. The Morgan fingerprint density at radius 1 is 0.955 bits per heavy atom. The second-order valence-corrected chi connectivity index (χ2v) is 5.16. The molecule has 0 radical (unpaired) electrons. The van der Waals surface area contributed by atoms with Crippen LogP contribution in [-0.2, 0) is 0 Å². The Labute approximate surface area is 129 Å². The lowest BCUT2D eigenvalue weighted by molar-refractivity contribution is 0.0968. The monoisotopic (exact) mass is 319 g/mol. The number of aliphatic imine (C=N–C) groups is 1. The molecule has 1 unspecified atom stereocenters. The van der Waals surface area contributed by atoms with Crippen molar-refractivity contribution in [2.75, 3.05) is 0 Å². The van der Waals surface area contributed by atoms with Crippen LogP contribution in [0.4, 0.5) is 14.5 Å². The van der Waals surface area contributed by atoms with Gasteiger partial charge in [-0.25, -0.2) is 13.8 Å². The fraction of sp³-hybridized carbons (Fsp3) is 0.0625. The lowest BCUT2D eigenvalue weighted by Gasteiger charge is -2.19. The van der Waals surface area contributed by atoms with Crippen LogP contribution in [0.5, 0.6) is 0 Å². The third-order valence-corrected chi connectivity index (χ3v) is 3.64. The van der Waals surface area contributed by atoms with E-state index in [0.29, 0.717) is 6.07 Å². The Bertz CT molecular complexity index is 812. The summed E-state index contributed by atoms with van der Waals surface area (Å²) >= 11 is 6.00. The number of ketones is 2. The highest BCUT2D eigenvalue weighted by Gasteiger charge is 2.37. The number of hydrogen-bond donors (Lipinski definition) is 0. The summed E-state index contributed by atoms with van der Waals surface area (Å²) in [5.74, 6) is -2.66. The van der Waals surface area contributed by atoms with Crippen LogP contribution in [0.25, 0.3) is 0 Å². The number of fused-ring (bicyclic) bond motifs is 1. The molecule has 1 atom stereocenters. The molecule has 0 bridgehead atoms. The predicted octanol–water partition coefficient (Wildman–Crippen LogP) is 3.72. The maximum atomic E-state index is 13.2. The van der Waals surface area contributed by atoms with Crippen molar-refractivity contribution in [2.24, 2.45) is 4.99 Å². The summed E-state index contributed by atoms with van der Waals surface area (Å²) in [6.45, 7) is 0. The molecule has 0 spiro atoms. The first-order valence-electron chi connectivity index (χ1n) is 6.34. The van der Waals surface area contributed by atoms with Gasteiger partial charge in [-0.2, -0.15) is 0 Å². The average Bonchev–Trinajstić information content (AvgIpc) is 2.48. The number of carbonyl (C=O) groups is 2. The van der Waals surface area contributed by atoms with E-state index in [1.54, 1.807) is 12.1 Å². The molecule has 6 heteroatoms. The smallest absolute Gasteiger partial charge is 0.209 e. The first-order chi connectivity index (χ1) is 10.5. The molecular weight excluding hydrogens is 312 g/mol. The molecule has 110 valence electrons. The molecule has 2 aromatic carbocycles. The van der Waals surface area contributed by atoms with E-state index in [9.17, 15) is 18.4 Å². The molecule has 0 aliphatic heterocycles. The highest BCUT2D eigenvalue weighted by Crippen LogP contribution is 2.26. The molecule has 22 heavy (non-hydrogen) atoms. The molecule has 0 amide bonds. The van der Waals surface area contributed by atoms with Gasteiger partial charge in [-0.1, -0.05) is 24.3 Å². The number of benzene rings is 2. The molecule has 0 heterocycles. The van der Waals surface area contributed by atoms with Crippen molar-refractivity contribution < 1.29 is 18.4 Å². The van der Waals surface area contributed by atoms with Gasteiger partial charge in [-0.15, -0.1) is 11.6 Å². The number of Topliss-reactive ketones (excluding diaryl/α,β-unsaturated/α-hetero) is 2. The minimum absolute atomic E-state index is 0.112. The van der Waals surface area contributed by atoms with E-state index in [0.717, 1.165) is 12.1 Å². The van der Waals surface area contributed by atoms with Crippen LogP contribution in [0.3, 0.4) is 0 Å². The molecule has 3 rings (SSSR count). The molecule has 2 aromatic rings. The van der Waals surface area contributed by atoms with Gasteiger partial charge in [-0.3, -0.25) is 9.59 Å². The van der Waals surface area contributed by atoms with E-state index in [-0.39, 0.29) is 22.5 Å². The van der Waals surface area contributed by atoms with E-state index in [1.165, 1.54) is 12.1 Å². The molecule has 0 N–H and O–H groups in total. The number of nitrogens with zero attached hydrogens (tertiary/aromatic N) is 1. The number of halogens is 3. The predicted molar refractivity (Wildman–Crippen MR) is 78.2 cm³/mol. The van der Waals surface area contributed by atoms with Gasteiger partial charge < -0.3 is 0 Å².